The lowest BCUT2D eigenvalue weighted by Crippen LogP contribution is -2.46. The van der Waals surface area contributed by atoms with E-state index in [1.54, 1.807) is 7.11 Å². The average Bonchev–Trinajstić information content (AvgIpc) is 2.72. The van der Waals surface area contributed by atoms with Gasteiger partial charge in [-0.1, -0.05) is 32.4 Å². The molecule has 5 nitrogen and oxygen atoms in total. The zero-order valence-corrected chi connectivity index (χ0v) is 18.0. The van der Waals surface area contributed by atoms with Crippen LogP contribution < -0.4 is 15.4 Å². The van der Waals surface area contributed by atoms with Gasteiger partial charge in [-0.05, 0) is 49.3 Å². The lowest BCUT2D eigenvalue weighted by atomic mass is 9.95. The first-order valence-corrected chi connectivity index (χ1v) is 11.4. The summed E-state index contributed by atoms with van der Waals surface area (Å²) < 4.78 is 17.3. The van der Waals surface area contributed by atoms with Crippen molar-refractivity contribution < 1.29 is 8.95 Å². The van der Waals surface area contributed by atoms with E-state index in [0.717, 1.165) is 56.1 Å². The van der Waals surface area contributed by atoms with E-state index >= 15 is 0 Å². The number of ether oxygens (including phenoxy) is 1. The molecule has 0 heterocycles. The number of guanidine groups is 1. The van der Waals surface area contributed by atoms with Crippen molar-refractivity contribution in [1.82, 2.24) is 10.6 Å². The summed E-state index contributed by atoms with van der Waals surface area (Å²) in [6.07, 6.45) is 5.35. The summed E-state index contributed by atoms with van der Waals surface area (Å²) >= 11 is 0. The topological polar surface area (TPSA) is 62.7 Å². The molecule has 4 unspecified atom stereocenters. The third-order valence-electron chi connectivity index (χ3n) is 5.40. The van der Waals surface area contributed by atoms with Gasteiger partial charge in [0.25, 0.3) is 0 Å². The number of hydrogen-bond donors (Lipinski definition) is 2. The van der Waals surface area contributed by atoms with Crippen LogP contribution in [0.15, 0.2) is 29.3 Å². The molecule has 2 rings (SSSR count). The highest BCUT2D eigenvalue weighted by atomic mass is 32.2. The van der Waals surface area contributed by atoms with Crippen LogP contribution in [0.4, 0.5) is 0 Å². The molecule has 0 saturated heterocycles. The molecule has 4 atom stereocenters. The highest BCUT2D eigenvalue weighted by Gasteiger charge is 2.26. The van der Waals surface area contributed by atoms with Gasteiger partial charge in [0.1, 0.15) is 5.75 Å². The Morgan fingerprint density at radius 3 is 2.70 bits per heavy atom. The maximum absolute atomic E-state index is 12.1. The van der Waals surface area contributed by atoms with Gasteiger partial charge in [-0.15, -0.1) is 0 Å². The molecule has 0 bridgehead atoms. The molecule has 1 fully saturated rings. The Morgan fingerprint density at radius 1 is 1.33 bits per heavy atom. The molecule has 0 aromatic heterocycles. The van der Waals surface area contributed by atoms with Crippen molar-refractivity contribution in [3.05, 3.63) is 29.8 Å². The van der Waals surface area contributed by atoms with Gasteiger partial charge in [0.15, 0.2) is 5.96 Å². The van der Waals surface area contributed by atoms with E-state index in [0.29, 0.717) is 17.2 Å². The molecule has 1 aromatic carbocycles. The third-order valence-corrected chi connectivity index (χ3v) is 7.14. The summed E-state index contributed by atoms with van der Waals surface area (Å²) in [5.41, 5.74) is 1.32. The van der Waals surface area contributed by atoms with Gasteiger partial charge < -0.3 is 15.4 Å². The normalized spacial score (nSPS) is 22.7. The molecule has 1 aromatic rings. The number of nitrogens with one attached hydrogen (secondary N) is 2. The molecule has 6 heteroatoms. The van der Waals surface area contributed by atoms with Gasteiger partial charge in [0, 0.05) is 41.4 Å². The molecule has 2 N–H and O–H groups in total. The highest BCUT2D eigenvalue weighted by molar-refractivity contribution is 7.85. The molecule has 1 aliphatic carbocycles. The minimum atomic E-state index is -0.695. The molecule has 1 aliphatic rings. The number of rotatable bonds is 8. The monoisotopic (exact) mass is 393 g/mol. The Labute approximate surface area is 166 Å². The lowest BCUT2D eigenvalue weighted by molar-refractivity contribution is 0.413. The number of hydrogen-bond acceptors (Lipinski definition) is 3. The van der Waals surface area contributed by atoms with Gasteiger partial charge in [0.05, 0.1) is 7.11 Å². The average molecular weight is 394 g/mol. The van der Waals surface area contributed by atoms with Crippen LogP contribution in [0.5, 0.6) is 5.75 Å². The molecule has 1 saturated carbocycles. The van der Waals surface area contributed by atoms with Crippen molar-refractivity contribution in [2.24, 2.45) is 4.99 Å². The van der Waals surface area contributed by atoms with Crippen LogP contribution in [0.3, 0.4) is 0 Å². The van der Waals surface area contributed by atoms with E-state index < -0.39 is 10.8 Å². The SMILES string of the molecule is CCS(=O)C1CCCC(NC(=NC)NCCC(C)c2ccc(OC)cc2)C1. The smallest absolute Gasteiger partial charge is 0.191 e. The van der Waals surface area contributed by atoms with Crippen LogP contribution in [0.25, 0.3) is 0 Å². The van der Waals surface area contributed by atoms with E-state index in [-0.39, 0.29) is 0 Å². The molecule has 152 valence electrons. The largest absolute Gasteiger partial charge is 0.497 e. The van der Waals surface area contributed by atoms with Crippen molar-refractivity contribution in [3.63, 3.8) is 0 Å². The summed E-state index contributed by atoms with van der Waals surface area (Å²) in [7, 11) is 2.81. The van der Waals surface area contributed by atoms with Crippen molar-refractivity contribution in [2.75, 3.05) is 26.5 Å². The first-order valence-electron chi connectivity index (χ1n) is 10.1. The summed E-state index contributed by atoms with van der Waals surface area (Å²) in [6.45, 7) is 5.12. The second-order valence-corrected chi connectivity index (χ2v) is 9.27. The van der Waals surface area contributed by atoms with E-state index in [4.69, 9.17) is 4.74 Å². The fourth-order valence-electron chi connectivity index (χ4n) is 3.64. The fourth-order valence-corrected chi connectivity index (χ4v) is 4.99. The zero-order chi connectivity index (χ0) is 19.6. The third kappa shape index (κ3) is 6.83. The molecule has 0 radical (unpaired) electrons. The van der Waals surface area contributed by atoms with Gasteiger partial charge in [-0.2, -0.15) is 0 Å². The molecule has 27 heavy (non-hydrogen) atoms. The lowest BCUT2D eigenvalue weighted by Gasteiger charge is -2.30. The second-order valence-electron chi connectivity index (χ2n) is 7.26. The van der Waals surface area contributed by atoms with Crippen LogP contribution in [-0.2, 0) is 10.8 Å². The molecular weight excluding hydrogens is 358 g/mol. The molecule has 0 spiro atoms. The van der Waals surface area contributed by atoms with E-state index in [1.165, 1.54) is 5.56 Å². The highest BCUT2D eigenvalue weighted by Crippen LogP contribution is 2.23. The Kier molecular flexibility index (Phi) is 9.11. The summed E-state index contributed by atoms with van der Waals surface area (Å²) in [5.74, 6) is 2.97. The van der Waals surface area contributed by atoms with Crippen LogP contribution in [0, 0.1) is 0 Å². The maximum atomic E-state index is 12.1. The summed E-state index contributed by atoms with van der Waals surface area (Å²) in [5, 5.41) is 7.30. The van der Waals surface area contributed by atoms with Crippen molar-refractivity contribution in [1.29, 1.82) is 0 Å². The van der Waals surface area contributed by atoms with Gasteiger partial charge >= 0.3 is 0 Å². The standard InChI is InChI=1S/C21H35N3O2S/c1-5-27(25)20-8-6-7-18(15-20)24-21(22-3)23-14-13-16(2)17-9-11-19(26-4)12-10-17/h9-12,16,18,20H,5-8,13-15H2,1-4H3,(H2,22,23,24). The van der Waals surface area contributed by atoms with Gasteiger partial charge in [-0.25, -0.2) is 0 Å². The Morgan fingerprint density at radius 2 is 2.07 bits per heavy atom. The second kappa shape index (κ2) is 11.3. The molecule has 0 aliphatic heterocycles. The van der Waals surface area contributed by atoms with Crippen molar-refractivity contribution >= 4 is 16.8 Å². The van der Waals surface area contributed by atoms with E-state index in [9.17, 15) is 4.21 Å². The van der Waals surface area contributed by atoms with Crippen LogP contribution in [-0.4, -0.2) is 47.9 Å². The quantitative estimate of drug-likeness (QED) is 0.525. The number of benzene rings is 1. The number of nitrogens with zero attached hydrogens (tertiary/aromatic N) is 1. The minimum absolute atomic E-state index is 0.328. The van der Waals surface area contributed by atoms with E-state index in [1.807, 2.05) is 26.1 Å². The van der Waals surface area contributed by atoms with Crippen molar-refractivity contribution in [2.45, 2.75) is 63.2 Å². The Balaban J connectivity index is 1.77. The fraction of sp³-hybridized carbons (Fsp3) is 0.667. The van der Waals surface area contributed by atoms with E-state index in [2.05, 4.69) is 34.7 Å². The maximum Gasteiger partial charge on any atom is 0.191 e. The first-order chi connectivity index (χ1) is 13.1. The predicted octanol–water partition coefficient (Wildman–Crippen LogP) is 3.43. The van der Waals surface area contributed by atoms with Crippen LogP contribution in [0.2, 0.25) is 0 Å². The summed E-state index contributed by atoms with van der Waals surface area (Å²) in [6, 6.07) is 8.66. The molecular formula is C21H35N3O2S. The van der Waals surface area contributed by atoms with Crippen LogP contribution >= 0.6 is 0 Å². The molecule has 0 amide bonds. The zero-order valence-electron chi connectivity index (χ0n) is 17.2. The van der Waals surface area contributed by atoms with Crippen LogP contribution in [0.1, 0.15) is 57.4 Å². The Bertz CT molecular complexity index is 618. The number of methoxy groups -OCH3 is 1. The number of aliphatic imine (C=N–C) groups is 1. The van der Waals surface area contributed by atoms with Crippen molar-refractivity contribution in [3.8, 4) is 5.75 Å². The van der Waals surface area contributed by atoms with Gasteiger partial charge in [-0.3, -0.25) is 9.20 Å². The minimum Gasteiger partial charge on any atom is -0.497 e. The predicted molar refractivity (Wildman–Crippen MR) is 115 cm³/mol. The Hall–Kier alpha value is -1.56. The summed E-state index contributed by atoms with van der Waals surface area (Å²) in [4.78, 5) is 4.37. The van der Waals surface area contributed by atoms with Gasteiger partial charge in [0.2, 0.25) is 0 Å². The first kappa shape index (κ1) is 21.7.